The van der Waals surface area contributed by atoms with Crippen LogP contribution in [0, 0.1) is 11.8 Å². The zero-order valence-electron chi connectivity index (χ0n) is 18.7. The fourth-order valence-corrected chi connectivity index (χ4v) is 4.77. The summed E-state index contributed by atoms with van der Waals surface area (Å²) in [6, 6.07) is 18.6. The molecule has 6 aromatic rings. The van der Waals surface area contributed by atoms with Gasteiger partial charge in [-0.25, -0.2) is 15.0 Å². The number of benzene rings is 2. The van der Waals surface area contributed by atoms with Crippen LogP contribution in [-0.2, 0) is 13.5 Å². The predicted octanol–water partition coefficient (Wildman–Crippen LogP) is 5.46. The van der Waals surface area contributed by atoms with Gasteiger partial charge in [0, 0.05) is 25.4 Å². The van der Waals surface area contributed by atoms with Gasteiger partial charge < -0.3 is 9.88 Å². The third kappa shape index (κ3) is 4.60. The van der Waals surface area contributed by atoms with Crippen molar-refractivity contribution in [3.8, 4) is 11.8 Å². The highest BCUT2D eigenvalue weighted by Crippen LogP contribution is 2.31. The van der Waals surface area contributed by atoms with Crippen LogP contribution in [-0.4, -0.2) is 29.7 Å². The minimum Gasteiger partial charge on any atom is -0.339 e. The summed E-state index contributed by atoms with van der Waals surface area (Å²) in [5.41, 5.74) is 5.92. The highest BCUT2D eigenvalue weighted by molar-refractivity contribution is 7.20. The zero-order chi connectivity index (χ0) is 22.9. The number of thiophene rings is 1. The maximum atomic E-state index is 4.89. The van der Waals surface area contributed by atoms with E-state index in [0.717, 1.165) is 55.4 Å². The average molecular weight is 498 g/mol. The van der Waals surface area contributed by atoms with Crippen LogP contribution in [0.1, 0.15) is 21.8 Å². The first-order chi connectivity index (χ1) is 16.7. The first-order valence-electron chi connectivity index (χ1n) is 10.7. The van der Waals surface area contributed by atoms with E-state index in [2.05, 4.69) is 91.4 Å². The number of nitrogens with one attached hydrogen (secondary N) is 2. The Bertz CT molecular complexity index is 1680. The Morgan fingerprint density at radius 3 is 2.74 bits per heavy atom. The van der Waals surface area contributed by atoms with Crippen LogP contribution in [0.2, 0.25) is 0 Å². The van der Waals surface area contributed by atoms with Crippen LogP contribution in [0.5, 0.6) is 0 Å². The molecule has 172 valence electrons. The van der Waals surface area contributed by atoms with Gasteiger partial charge in [-0.2, -0.15) is 5.10 Å². The van der Waals surface area contributed by atoms with Gasteiger partial charge >= 0.3 is 0 Å². The van der Waals surface area contributed by atoms with E-state index in [1.165, 1.54) is 5.56 Å². The number of rotatable bonds is 4. The summed E-state index contributed by atoms with van der Waals surface area (Å²) < 4.78 is 3.11. The fraction of sp³-hybridized carbons (Fsp3) is 0.0769. The zero-order valence-corrected chi connectivity index (χ0v) is 20.3. The molecule has 0 fully saturated rings. The van der Waals surface area contributed by atoms with E-state index in [9.17, 15) is 0 Å². The molecule has 35 heavy (non-hydrogen) atoms. The van der Waals surface area contributed by atoms with Crippen molar-refractivity contribution in [3.63, 3.8) is 0 Å². The molecule has 4 aromatic heterocycles. The minimum absolute atomic E-state index is 0. The van der Waals surface area contributed by atoms with Crippen LogP contribution < -0.4 is 5.32 Å². The number of H-pyrrole nitrogens is 1. The van der Waals surface area contributed by atoms with Gasteiger partial charge in [-0.1, -0.05) is 42.2 Å². The Labute approximate surface area is 211 Å². The number of imidazole rings is 1. The molecular formula is C26H20ClN7S. The number of hydrogen-bond donors (Lipinski definition) is 2. The second-order valence-electron chi connectivity index (χ2n) is 7.86. The maximum Gasteiger partial charge on any atom is 0.151 e. The van der Waals surface area contributed by atoms with Gasteiger partial charge in [-0.15, -0.1) is 23.7 Å². The molecule has 2 N–H and O–H groups in total. The van der Waals surface area contributed by atoms with Gasteiger partial charge in [0.15, 0.2) is 5.82 Å². The van der Waals surface area contributed by atoms with E-state index < -0.39 is 0 Å². The molecule has 4 heterocycles. The highest BCUT2D eigenvalue weighted by atomic mass is 35.5. The van der Waals surface area contributed by atoms with E-state index in [0.29, 0.717) is 0 Å². The number of aromatic nitrogens is 6. The Balaban J connectivity index is 0.00000253. The van der Waals surface area contributed by atoms with Crippen molar-refractivity contribution in [2.75, 3.05) is 5.32 Å². The quantitative estimate of drug-likeness (QED) is 0.316. The molecule has 6 rings (SSSR count). The largest absolute Gasteiger partial charge is 0.339 e. The van der Waals surface area contributed by atoms with Gasteiger partial charge in [0.25, 0.3) is 0 Å². The monoisotopic (exact) mass is 497 g/mol. The molecular weight excluding hydrogens is 478 g/mol. The Kier molecular flexibility index (Phi) is 6.19. The van der Waals surface area contributed by atoms with E-state index in [-0.39, 0.29) is 12.4 Å². The molecule has 0 amide bonds. The Hall–Kier alpha value is -4.19. The van der Waals surface area contributed by atoms with E-state index in [1.54, 1.807) is 30.1 Å². The number of halogens is 1. The van der Waals surface area contributed by atoms with Crippen LogP contribution in [0.4, 0.5) is 11.5 Å². The first kappa shape index (κ1) is 22.6. The third-order valence-electron chi connectivity index (χ3n) is 5.58. The molecule has 0 aliphatic rings. The lowest BCUT2D eigenvalue weighted by Gasteiger charge is -2.06. The molecule has 0 aliphatic heterocycles. The standard InChI is InChI=1S/C26H19N7S.ClH/c1-33-23-10-8-19(12-21(23)32-24(33)11-17-5-3-2-4-6-17)31-26-25-22(27-16-28-26)13-20(34-25)9-7-18-14-29-30-15-18;/h2-6,8,10,12-16H,11H2,1H3,(H,29,30)(H,27,28,31);1H. The molecule has 7 nitrogen and oxygen atoms in total. The lowest BCUT2D eigenvalue weighted by Crippen LogP contribution is -1.98. The number of nitrogens with zero attached hydrogens (tertiary/aromatic N) is 5. The van der Waals surface area contributed by atoms with Crippen molar-refractivity contribution >= 4 is 56.5 Å². The van der Waals surface area contributed by atoms with Crippen molar-refractivity contribution in [2.45, 2.75) is 6.42 Å². The summed E-state index contributed by atoms with van der Waals surface area (Å²) >= 11 is 1.56. The van der Waals surface area contributed by atoms with Crippen LogP contribution in [0.25, 0.3) is 21.3 Å². The van der Waals surface area contributed by atoms with Crippen LogP contribution in [0.15, 0.2) is 73.3 Å². The van der Waals surface area contributed by atoms with Crippen LogP contribution >= 0.6 is 23.7 Å². The highest BCUT2D eigenvalue weighted by Gasteiger charge is 2.12. The topological polar surface area (TPSA) is 84.3 Å². The van der Waals surface area contributed by atoms with Gasteiger partial charge in [0.05, 0.1) is 37.9 Å². The average Bonchev–Trinajstić information content (AvgIpc) is 3.59. The molecule has 0 saturated heterocycles. The summed E-state index contributed by atoms with van der Waals surface area (Å²) in [4.78, 5) is 14.7. The summed E-state index contributed by atoms with van der Waals surface area (Å²) in [6.07, 6.45) is 5.83. The van der Waals surface area contributed by atoms with E-state index in [4.69, 9.17) is 4.98 Å². The van der Waals surface area contributed by atoms with Crippen molar-refractivity contribution < 1.29 is 0 Å². The smallest absolute Gasteiger partial charge is 0.151 e. The van der Waals surface area contributed by atoms with Crippen molar-refractivity contribution in [1.29, 1.82) is 0 Å². The molecule has 0 saturated carbocycles. The number of aryl methyl sites for hydroxylation is 1. The SMILES string of the molecule is Cl.Cn1c(Cc2ccccc2)nc2cc(Nc3ncnc4cc(C#Cc5cn[nH]c5)sc34)ccc21. The van der Waals surface area contributed by atoms with Gasteiger partial charge in [0.1, 0.15) is 12.2 Å². The maximum absolute atomic E-state index is 4.89. The first-order valence-corrected chi connectivity index (χ1v) is 11.6. The molecule has 0 atom stereocenters. The molecule has 9 heteroatoms. The molecule has 0 unspecified atom stereocenters. The van der Waals surface area contributed by atoms with Crippen molar-refractivity contribution in [1.82, 2.24) is 29.7 Å². The third-order valence-corrected chi connectivity index (χ3v) is 6.63. The van der Waals surface area contributed by atoms with E-state index >= 15 is 0 Å². The Morgan fingerprint density at radius 1 is 1.03 bits per heavy atom. The summed E-state index contributed by atoms with van der Waals surface area (Å²) in [5.74, 6) is 8.07. The van der Waals surface area contributed by atoms with Crippen molar-refractivity contribution in [3.05, 3.63) is 95.1 Å². The summed E-state index contributed by atoms with van der Waals surface area (Å²) in [5, 5.41) is 10.1. The molecule has 0 aliphatic carbocycles. The number of hydrogen-bond acceptors (Lipinski definition) is 6. The van der Waals surface area contributed by atoms with Crippen LogP contribution in [0.3, 0.4) is 0 Å². The number of fused-ring (bicyclic) bond motifs is 2. The molecule has 0 radical (unpaired) electrons. The Morgan fingerprint density at radius 2 is 1.91 bits per heavy atom. The lowest BCUT2D eigenvalue weighted by molar-refractivity contribution is 0.845. The van der Waals surface area contributed by atoms with E-state index in [1.807, 2.05) is 12.1 Å². The number of aromatic amines is 1. The number of anilines is 2. The fourth-order valence-electron chi connectivity index (χ4n) is 3.86. The second kappa shape index (κ2) is 9.58. The normalized spacial score (nSPS) is 10.7. The minimum atomic E-state index is 0. The van der Waals surface area contributed by atoms with Gasteiger partial charge in [0.2, 0.25) is 0 Å². The van der Waals surface area contributed by atoms with Crippen molar-refractivity contribution in [2.24, 2.45) is 7.05 Å². The summed E-state index contributed by atoms with van der Waals surface area (Å²) in [6.45, 7) is 0. The molecule has 0 spiro atoms. The van der Waals surface area contributed by atoms with Gasteiger partial charge in [-0.3, -0.25) is 5.10 Å². The second-order valence-corrected chi connectivity index (χ2v) is 8.91. The molecule has 2 aromatic carbocycles. The lowest BCUT2D eigenvalue weighted by atomic mass is 10.1. The summed E-state index contributed by atoms with van der Waals surface area (Å²) in [7, 11) is 2.06. The van der Waals surface area contributed by atoms with Gasteiger partial charge in [-0.05, 0) is 29.8 Å². The predicted molar refractivity (Wildman–Crippen MR) is 142 cm³/mol. The molecule has 0 bridgehead atoms.